The zero-order valence-electron chi connectivity index (χ0n) is 11.1. The fourth-order valence-electron chi connectivity index (χ4n) is 2.28. The number of hydrogen-bond donors (Lipinski definition) is 1. The first-order valence-electron chi connectivity index (χ1n) is 6.65. The first-order valence-corrected chi connectivity index (χ1v) is 7.80. The molecule has 1 saturated carbocycles. The Labute approximate surface area is 126 Å². The molecule has 2 aromatic rings. The van der Waals surface area contributed by atoms with E-state index in [4.69, 9.17) is 11.6 Å². The van der Waals surface area contributed by atoms with Crippen LogP contribution in [0.25, 0.3) is 0 Å². The molecule has 1 atom stereocenters. The van der Waals surface area contributed by atoms with Crippen molar-refractivity contribution in [2.24, 2.45) is 0 Å². The molecule has 6 heteroatoms. The fraction of sp³-hybridized carbons (Fsp3) is 0.429. The van der Waals surface area contributed by atoms with Gasteiger partial charge in [0.1, 0.15) is 5.82 Å². The van der Waals surface area contributed by atoms with E-state index in [0.717, 1.165) is 10.6 Å². The summed E-state index contributed by atoms with van der Waals surface area (Å²) in [6.45, 7) is 2.56. The van der Waals surface area contributed by atoms with E-state index in [9.17, 15) is 4.39 Å². The molecule has 0 radical (unpaired) electrons. The minimum absolute atomic E-state index is 0.155. The topological polar surface area (TPSA) is 37.8 Å². The van der Waals surface area contributed by atoms with Crippen molar-refractivity contribution in [3.63, 3.8) is 0 Å². The fourth-order valence-corrected chi connectivity index (χ4v) is 3.28. The van der Waals surface area contributed by atoms with Crippen LogP contribution < -0.4 is 5.32 Å². The monoisotopic (exact) mass is 311 g/mol. The molecule has 0 saturated heterocycles. The Bertz CT molecular complexity index is 592. The molecular weight excluding hydrogens is 297 g/mol. The summed E-state index contributed by atoms with van der Waals surface area (Å²) in [6.07, 6.45) is 2.40. The van der Waals surface area contributed by atoms with Crippen molar-refractivity contribution in [2.45, 2.75) is 38.3 Å². The van der Waals surface area contributed by atoms with Crippen LogP contribution in [0.5, 0.6) is 0 Å². The molecule has 3 rings (SSSR count). The van der Waals surface area contributed by atoms with Crippen molar-refractivity contribution in [1.29, 1.82) is 0 Å². The predicted octanol–water partition coefficient (Wildman–Crippen LogP) is 4.06. The van der Waals surface area contributed by atoms with Crippen molar-refractivity contribution >= 4 is 23.1 Å². The zero-order valence-corrected chi connectivity index (χ0v) is 12.6. The summed E-state index contributed by atoms with van der Waals surface area (Å²) >= 11 is 7.49. The second kappa shape index (κ2) is 5.76. The third kappa shape index (κ3) is 2.85. The van der Waals surface area contributed by atoms with Gasteiger partial charge in [-0.25, -0.2) is 4.39 Å². The van der Waals surface area contributed by atoms with E-state index >= 15 is 0 Å². The summed E-state index contributed by atoms with van der Waals surface area (Å²) in [5.74, 6) is 0.306. The molecule has 1 heterocycles. The zero-order chi connectivity index (χ0) is 14.1. The minimum Gasteiger partial charge on any atom is -0.305 e. The van der Waals surface area contributed by atoms with Crippen LogP contribution in [0.3, 0.4) is 0 Å². The Morgan fingerprint density at radius 3 is 3.00 bits per heavy atom. The van der Waals surface area contributed by atoms with Crippen molar-refractivity contribution in [3.8, 4) is 0 Å². The van der Waals surface area contributed by atoms with Crippen LogP contribution in [0.1, 0.15) is 47.9 Å². The van der Waals surface area contributed by atoms with E-state index in [1.54, 1.807) is 12.1 Å². The van der Waals surface area contributed by atoms with Crippen molar-refractivity contribution in [2.75, 3.05) is 0 Å². The van der Waals surface area contributed by atoms with Gasteiger partial charge in [0.05, 0.1) is 10.6 Å². The van der Waals surface area contributed by atoms with Crippen LogP contribution >= 0.6 is 23.1 Å². The number of halogens is 2. The normalized spacial score (nSPS) is 16.4. The van der Waals surface area contributed by atoms with Gasteiger partial charge in [-0.3, -0.25) is 0 Å². The van der Waals surface area contributed by atoms with Crippen molar-refractivity contribution in [1.82, 2.24) is 14.9 Å². The van der Waals surface area contributed by atoms with E-state index < -0.39 is 0 Å². The van der Waals surface area contributed by atoms with Crippen LogP contribution in [0.15, 0.2) is 18.2 Å². The third-order valence-electron chi connectivity index (χ3n) is 3.55. The van der Waals surface area contributed by atoms with Gasteiger partial charge in [0.25, 0.3) is 0 Å². The average Bonchev–Trinajstić information content (AvgIpc) is 3.15. The SMILES string of the molecule is CC(NCc1snnc1C1CC1)c1c(F)cccc1Cl. The van der Waals surface area contributed by atoms with Crippen LogP contribution in [0.2, 0.25) is 5.02 Å². The molecule has 1 N–H and O–H groups in total. The lowest BCUT2D eigenvalue weighted by molar-refractivity contribution is 0.529. The van der Waals surface area contributed by atoms with Gasteiger partial charge in [0, 0.05) is 29.1 Å². The van der Waals surface area contributed by atoms with Gasteiger partial charge >= 0.3 is 0 Å². The lowest BCUT2D eigenvalue weighted by Crippen LogP contribution is -2.19. The smallest absolute Gasteiger partial charge is 0.129 e. The standard InChI is InChI=1S/C14H15ClFN3S/c1-8(13-10(15)3-2-4-11(13)16)17-7-12-14(9-5-6-9)18-19-20-12/h2-4,8-9,17H,5-7H2,1H3. The summed E-state index contributed by atoms with van der Waals surface area (Å²) in [6, 6.07) is 4.61. The highest BCUT2D eigenvalue weighted by molar-refractivity contribution is 7.05. The number of nitrogens with one attached hydrogen (secondary N) is 1. The average molecular weight is 312 g/mol. The summed E-state index contributed by atoms with van der Waals surface area (Å²) < 4.78 is 17.9. The highest BCUT2D eigenvalue weighted by Gasteiger charge is 2.29. The van der Waals surface area contributed by atoms with Gasteiger partial charge in [-0.1, -0.05) is 22.2 Å². The Morgan fingerprint density at radius 1 is 1.50 bits per heavy atom. The quantitative estimate of drug-likeness (QED) is 0.905. The predicted molar refractivity (Wildman–Crippen MR) is 78.5 cm³/mol. The molecule has 3 nitrogen and oxygen atoms in total. The molecule has 1 aliphatic carbocycles. The molecule has 1 aliphatic rings. The maximum Gasteiger partial charge on any atom is 0.129 e. The molecule has 106 valence electrons. The lowest BCUT2D eigenvalue weighted by atomic mass is 10.1. The molecule has 1 fully saturated rings. The van der Waals surface area contributed by atoms with Crippen LogP contribution in [-0.4, -0.2) is 9.59 Å². The highest BCUT2D eigenvalue weighted by atomic mass is 35.5. The first kappa shape index (κ1) is 13.9. The molecule has 0 spiro atoms. The molecule has 0 aliphatic heterocycles. The van der Waals surface area contributed by atoms with Gasteiger partial charge in [0.2, 0.25) is 0 Å². The highest BCUT2D eigenvalue weighted by Crippen LogP contribution is 2.41. The van der Waals surface area contributed by atoms with Gasteiger partial charge in [-0.05, 0) is 43.4 Å². The van der Waals surface area contributed by atoms with E-state index in [0.29, 0.717) is 23.0 Å². The van der Waals surface area contributed by atoms with Gasteiger partial charge in [-0.15, -0.1) is 5.10 Å². The molecule has 20 heavy (non-hydrogen) atoms. The molecule has 1 aromatic carbocycles. The lowest BCUT2D eigenvalue weighted by Gasteiger charge is -2.16. The van der Waals surface area contributed by atoms with Gasteiger partial charge < -0.3 is 5.32 Å². The number of benzene rings is 1. The Balaban J connectivity index is 1.70. The molecule has 0 bridgehead atoms. The van der Waals surface area contributed by atoms with Gasteiger partial charge in [-0.2, -0.15) is 0 Å². The summed E-state index contributed by atoms with van der Waals surface area (Å²) in [5, 5.41) is 7.96. The first-order chi connectivity index (χ1) is 9.66. The van der Waals surface area contributed by atoms with Gasteiger partial charge in [0.15, 0.2) is 0 Å². The number of rotatable bonds is 5. The summed E-state index contributed by atoms with van der Waals surface area (Å²) in [4.78, 5) is 1.15. The molecular formula is C14H15ClFN3S. The maximum absolute atomic E-state index is 13.8. The van der Waals surface area contributed by atoms with E-state index in [2.05, 4.69) is 14.9 Å². The van der Waals surface area contributed by atoms with Crippen LogP contribution in [0, 0.1) is 5.82 Å². The van der Waals surface area contributed by atoms with E-state index in [1.807, 2.05) is 6.92 Å². The maximum atomic E-state index is 13.8. The number of nitrogens with zero attached hydrogens (tertiary/aromatic N) is 2. The van der Waals surface area contributed by atoms with Crippen LogP contribution in [0.4, 0.5) is 4.39 Å². The second-order valence-electron chi connectivity index (χ2n) is 5.09. The Hall–Kier alpha value is -1.04. The largest absolute Gasteiger partial charge is 0.305 e. The number of aromatic nitrogens is 2. The van der Waals surface area contributed by atoms with E-state index in [1.165, 1.54) is 30.4 Å². The van der Waals surface area contributed by atoms with Crippen molar-refractivity contribution < 1.29 is 4.39 Å². The van der Waals surface area contributed by atoms with Crippen LogP contribution in [-0.2, 0) is 6.54 Å². The summed E-state index contributed by atoms with van der Waals surface area (Å²) in [5.41, 5.74) is 1.62. The molecule has 0 amide bonds. The third-order valence-corrected chi connectivity index (χ3v) is 4.62. The Morgan fingerprint density at radius 2 is 2.30 bits per heavy atom. The van der Waals surface area contributed by atoms with Crippen molar-refractivity contribution in [3.05, 3.63) is 45.2 Å². The number of hydrogen-bond acceptors (Lipinski definition) is 4. The second-order valence-corrected chi connectivity index (χ2v) is 6.34. The van der Waals surface area contributed by atoms with E-state index in [-0.39, 0.29) is 11.9 Å². The Kier molecular flexibility index (Phi) is 4.01. The molecule has 1 unspecified atom stereocenters. The molecule has 1 aromatic heterocycles. The minimum atomic E-state index is -0.276. The summed E-state index contributed by atoms with van der Waals surface area (Å²) in [7, 11) is 0.